The maximum absolute atomic E-state index is 11.4. The lowest BCUT2D eigenvalue weighted by atomic mass is 9.93. The number of nitrogens with one attached hydrogen (secondary N) is 1. The smallest absolute Gasteiger partial charge is 0.223 e. The molecule has 7 heteroatoms. The van der Waals surface area contributed by atoms with E-state index in [9.17, 15) is 4.79 Å². The maximum Gasteiger partial charge on any atom is 0.223 e. The predicted octanol–water partition coefficient (Wildman–Crippen LogP) is 0.971. The van der Waals surface area contributed by atoms with E-state index in [1.165, 1.54) is 0 Å². The largest absolute Gasteiger partial charge is 0.370 e. The van der Waals surface area contributed by atoms with Crippen LogP contribution in [-0.4, -0.2) is 35.0 Å². The molecular weight excluding hydrogens is 268 g/mol. The zero-order valence-corrected chi connectivity index (χ0v) is 12.7. The molecule has 1 aliphatic heterocycles. The minimum atomic E-state index is -0.252. The maximum atomic E-state index is 11.4. The van der Waals surface area contributed by atoms with Gasteiger partial charge in [-0.2, -0.15) is 9.97 Å². The van der Waals surface area contributed by atoms with E-state index in [1.54, 1.807) is 0 Å². The number of nitrogens with two attached hydrogens (primary N) is 2. The highest BCUT2D eigenvalue weighted by Gasteiger charge is 2.29. The van der Waals surface area contributed by atoms with Crippen LogP contribution in [0.4, 0.5) is 17.6 Å². The molecule has 0 bridgehead atoms. The molecule has 1 fully saturated rings. The number of hydrogen-bond donors (Lipinski definition) is 3. The van der Waals surface area contributed by atoms with E-state index in [0.29, 0.717) is 18.4 Å². The van der Waals surface area contributed by atoms with Crippen molar-refractivity contribution in [3.8, 4) is 0 Å². The van der Waals surface area contributed by atoms with Crippen LogP contribution in [0.2, 0.25) is 0 Å². The Labute approximate surface area is 125 Å². The summed E-state index contributed by atoms with van der Waals surface area (Å²) in [5.74, 6) is 1.31. The van der Waals surface area contributed by atoms with Crippen molar-refractivity contribution >= 4 is 23.5 Å². The summed E-state index contributed by atoms with van der Waals surface area (Å²) in [6, 6.07) is 2.18. The van der Waals surface area contributed by atoms with Gasteiger partial charge in [-0.25, -0.2) is 0 Å². The van der Waals surface area contributed by atoms with Crippen LogP contribution in [0.1, 0.15) is 33.1 Å². The number of primary amides is 1. The monoisotopic (exact) mass is 292 g/mol. The summed E-state index contributed by atoms with van der Waals surface area (Å²) < 4.78 is 0. The molecule has 5 N–H and O–H groups in total. The molecule has 0 radical (unpaired) electrons. The van der Waals surface area contributed by atoms with Gasteiger partial charge in [-0.3, -0.25) is 4.79 Å². The van der Waals surface area contributed by atoms with Crippen molar-refractivity contribution in [1.82, 2.24) is 9.97 Å². The van der Waals surface area contributed by atoms with Gasteiger partial charge in [0.05, 0.1) is 5.92 Å². The van der Waals surface area contributed by atoms with Crippen LogP contribution in [0.25, 0.3) is 0 Å². The second-order valence-electron chi connectivity index (χ2n) is 5.57. The molecule has 2 rings (SSSR count). The van der Waals surface area contributed by atoms with Crippen molar-refractivity contribution < 1.29 is 4.79 Å². The molecule has 0 aromatic carbocycles. The first-order valence-corrected chi connectivity index (χ1v) is 7.45. The predicted molar refractivity (Wildman–Crippen MR) is 84.0 cm³/mol. The minimum absolute atomic E-state index is 0.135. The van der Waals surface area contributed by atoms with Crippen LogP contribution in [0, 0.1) is 5.92 Å². The second-order valence-corrected chi connectivity index (χ2v) is 5.57. The molecule has 0 saturated carbocycles. The lowest BCUT2D eigenvalue weighted by Gasteiger charge is -2.37. The van der Waals surface area contributed by atoms with Crippen molar-refractivity contribution in [2.45, 2.75) is 39.2 Å². The number of anilines is 3. The molecule has 1 amide bonds. The van der Waals surface area contributed by atoms with Crippen molar-refractivity contribution in [2.24, 2.45) is 11.7 Å². The van der Waals surface area contributed by atoms with Crippen LogP contribution in [0.5, 0.6) is 0 Å². The highest BCUT2D eigenvalue weighted by molar-refractivity contribution is 5.77. The molecule has 7 nitrogen and oxygen atoms in total. The number of nitrogens with zero attached hydrogens (tertiary/aromatic N) is 3. The average molecular weight is 292 g/mol. The summed E-state index contributed by atoms with van der Waals surface area (Å²) in [5.41, 5.74) is 11.2. The van der Waals surface area contributed by atoms with Gasteiger partial charge in [0.1, 0.15) is 11.6 Å². The minimum Gasteiger partial charge on any atom is -0.370 e. The Balaban J connectivity index is 2.22. The van der Waals surface area contributed by atoms with Crippen LogP contribution in [-0.2, 0) is 4.79 Å². The van der Waals surface area contributed by atoms with E-state index >= 15 is 0 Å². The van der Waals surface area contributed by atoms with Crippen molar-refractivity contribution in [3.05, 3.63) is 6.07 Å². The van der Waals surface area contributed by atoms with E-state index in [4.69, 9.17) is 11.5 Å². The van der Waals surface area contributed by atoms with E-state index in [2.05, 4.69) is 34.0 Å². The number of hydrogen-bond acceptors (Lipinski definition) is 6. The van der Waals surface area contributed by atoms with Crippen LogP contribution in [0.15, 0.2) is 6.07 Å². The molecule has 21 heavy (non-hydrogen) atoms. The van der Waals surface area contributed by atoms with Crippen LogP contribution in [0.3, 0.4) is 0 Å². The SMILES string of the molecule is CCCNc1cc(N2CC(C(N)=O)CCC2C)nc(N)n1. The Morgan fingerprint density at radius 1 is 1.48 bits per heavy atom. The van der Waals surface area contributed by atoms with Gasteiger partial charge in [-0.15, -0.1) is 0 Å². The number of piperidine rings is 1. The third-order valence-electron chi connectivity index (χ3n) is 3.86. The fraction of sp³-hybridized carbons (Fsp3) is 0.643. The first kappa shape index (κ1) is 15.3. The van der Waals surface area contributed by atoms with E-state index in [0.717, 1.165) is 31.6 Å². The summed E-state index contributed by atoms with van der Waals surface area (Å²) in [5, 5.41) is 3.21. The summed E-state index contributed by atoms with van der Waals surface area (Å²) in [6.45, 7) is 5.62. The van der Waals surface area contributed by atoms with Gasteiger partial charge in [-0.1, -0.05) is 6.92 Å². The lowest BCUT2D eigenvalue weighted by molar-refractivity contribution is -0.122. The van der Waals surface area contributed by atoms with Crippen molar-refractivity contribution in [2.75, 3.05) is 29.0 Å². The summed E-state index contributed by atoms with van der Waals surface area (Å²) in [7, 11) is 0. The molecule has 1 saturated heterocycles. The fourth-order valence-electron chi connectivity index (χ4n) is 2.60. The molecule has 1 aromatic rings. The van der Waals surface area contributed by atoms with Gasteiger partial charge in [0.15, 0.2) is 0 Å². The van der Waals surface area contributed by atoms with Crippen molar-refractivity contribution in [3.63, 3.8) is 0 Å². The lowest BCUT2D eigenvalue weighted by Crippen LogP contribution is -2.46. The molecular formula is C14H24N6O. The van der Waals surface area contributed by atoms with Crippen molar-refractivity contribution in [1.29, 1.82) is 0 Å². The van der Waals surface area contributed by atoms with Crippen LogP contribution < -0.4 is 21.7 Å². The topological polar surface area (TPSA) is 110 Å². The third-order valence-corrected chi connectivity index (χ3v) is 3.86. The van der Waals surface area contributed by atoms with E-state index in [1.807, 2.05) is 6.07 Å². The second kappa shape index (κ2) is 6.60. The molecule has 2 atom stereocenters. The van der Waals surface area contributed by atoms with E-state index < -0.39 is 0 Å². The van der Waals surface area contributed by atoms with Gasteiger partial charge in [0.25, 0.3) is 0 Å². The van der Waals surface area contributed by atoms with Gasteiger partial charge in [-0.05, 0) is 26.2 Å². The summed E-state index contributed by atoms with van der Waals surface area (Å²) >= 11 is 0. The fourth-order valence-corrected chi connectivity index (χ4v) is 2.60. The quantitative estimate of drug-likeness (QED) is 0.746. The van der Waals surface area contributed by atoms with Gasteiger partial charge in [0.2, 0.25) is 11.9 Å². The Morgan fingerprint density at radius 2 is 2.24 bits per heavy atom. The third kappa shape index (κ3) is 3.74. The summed E-state index contributed by atoms with van der Waals surface area (Å²) in [6.07, 6.45) is 2.74. The highest BCUT2D eigenvalue weighted by atomic mass is 16.1. The van der Waals surface area contributed by atoms with Gasteiger partial charge < -0.3 is 21.7 Å². The summed E-state index contributed by atoms with van der Waals surface area (Å²) in [4.78, 5) is 22.0. The number of carbonyl (C=O) groups excluding carboxylic acids is 1. The average Bonchev–Trinajstić information content (AvgIpc) is 2.44. The number of rotatable bonds is 5. The number of amides is 1. The molecule has 2 unspecified atom stereocenters. The Hall–Kier alpha value is -2.05. The number of aromatic nitrogens is 2. The zero-order chi connectivity index (χ0) is 15.4. The molecule has 0 spiro atoms. The number of nitrogen functional groups attached to an aromatic ring is 1. The van der Waals surface area contributed by atoms with Gasteiger partial charge in [0, 0.05) is 25.2 Å². The first-order chi connectivity index (χ1) is 10.0. The Morgan fingerprint density at radius 3 is 2.90 bits per heavy atom. The molecule has 0 aliphatic carbocycles. The van der Waals surface area contributed by atoms with E-state index in [-0.39, 0.29) is 17.8 Å². The highest BCUT2D eigenvalue weighted by Crippen LogP contribution is 2.27. The standard InChI is InChI=1S/C14H24N6O/c1-3-6-17-11-7-12(19-14(16)18-11)20-8-10(13(15)21)5-4-9(20)2/h7,9-10H,3-6,8H2,1-2H3,(H2,15,21)(H3,16,17,18,19). The molecule has 1 aromatic heterocycles. The molecule has 1 aliphatic rings. The first-order valence-electron chi connectivity index (χ1n) is 7.45. The van der Waals surface area contributed by atoms with Crippen LogP contribution >= 0.6 is 0 Å². The molecule has 116 valence electrons. The Bertz CT molecular complexity index is 506. The zero-order valence-electron chi connectivity index (χ0n) is 12.7. The normalized spacial score (nSPS) is 22.1. The van der Waals surface area contributed by atoms with Gasteiger partial charge >= 0.3 is 0 Å². The number of carbonyl (C=O) groups is 1. The molecule has 2 heterocycles. The Kier molecular flexibility index (Phi) is 4.82.